The van der Waals surface area contributed by atoms with Crippen LogP contribution in [0.15, 0.2) is 48.6 Å². The Kier molecular flexibility index (Phi) is 3.39. The molecule has 0 unspecified atom stereocenters. The van der Waals surface area contributed by atoms with Crippen molar-refractivity contribution >= 4 is 28.9 Å². The number of benzene rings is 2. The number of fused-ring (bicyclic) bond motifs is 3. The predicted octanol–water partition coefficient (Wildman–Crippen LogP) is 5.96. The Balaban J connectivity index is 1.84. The van der Waals surface area contributed by atoms with E-state index in [1.54, 1.807) is 18.2 Å². The monoisotopic (exact) mass is 333 g/mol. The molecule has 4 heteroatoms. The van der Waals surface area contributed by atoms with Gasteiger partial charge >= 0.3 is 0 Å². The van der Waals surface area contributed by atoms with Gasteiger partial charge in [0.15, 0.2) is 0 Å². The minimum absolute atomic E-state index is 0.0434. The molecule has 1 aliphatic carbocycles. The molecule has 1 aliphatic heterocycles. The summed E-state index contributed by atoms with van der Waals surface area (Å²) in [7, 11) is 0. The Morgan fingerprint density at radius 1 is 1.14 bits per heavy atom. The van der Waals surface area contributed by atoms with Crippen molar-refractivity contribution in [2.75, 3.05) is 5.32 Å². The van der Waals surface area contributed by atoms with E-state index in [9.17, 15) is 4.39 Å². The third kappa shape index (κ3) is 2.22. The fraction of sp³-hybridized carbons (Fsp3) is 0.222. The molecule has 0 amide bonds. The van der Waals surface area contributed by atoms with Crippen LogP contribution in [0.5, 0.6) is 0 Å². The minimum atomic E-state index is -0.213. The smallest absolute Gasteiger partial charge is 0.123 e. The predicted molar refractivity (Wildman–Crippen MR) is 89.2 cm³/mol. The van der Waals surface area contributed by atoms with Gasteiger partial charge in [0.1, 0.15) is 5.82 Å². The third-order valence-electron chi connectivity index (χ3n) is 4.59. The van der Waals surface area contributed by atoms with E-state index in [0.717, 1.165) is 23.2 Å². The van der Waals surface area contributed by atoms with Crippen molar-refractivity contribution in [3.05, 3.63) is 75.5 Å². The molecule has 0 aromatic heterocycles. The molecule has 0 bridgehead atoms. The molecule has 2 aromatic carbocycles. The first kappa shape index (κ1) is 14.1. The van der Waals surface area contributed by atoms with Crippen LogP contribution in [0.2, 0.25) is 10.0 Å². The highest BCUT2D eigenvalue weighted by Crippen LogP contribution is 2.52. The van der Waals surface area contributed by atoms with E-state index in [1.807, 2.05) is 12.1 Å². The van der Waals surface area contributed by atoms with Crippen molar-refractivity contribution < 1.29 is 4.39 Å². The molecule has 3 atom stereocenters. The molecular formula is C18H14Cl2FN. The van der Waals surface area contributed by atoms with Gasteiger partial charge in [-0.1, -0.05) is 47.5 Å². The van der Waals surface area contributed by atoms with Crippen LogP contribution in [0.1, 0.15) is 29.5 Å². The second kappa shape index (κ2) is 5.29. The first-order valence-corrected chi connectivity index (χ1v) is 8.06. The van der Waals surface area contributed by atoms with Crippen LogP contribution >= 0.6 is 23.2 Å². The van der Waals surface area contributed by atoms with Gasteiger partial charge < -0.3 is 5.32 Å². The SMILES string of the molecule is Fc1cccc([C@@H]2Nc3c(Cl)cc(Cl)cc3[C@H]3C=CC[C@H]32)c1. The van der Waals surface area contributed by atoms with Crippen LogP contribution in [-0.4, -0.2) is 0 Å². The van der Waals surface area contributed by atoms with Crippen molar-refractivity contribution in [2.45, 2.75) is 18.4 Å². The van der Waals surface area contributed by atoms with Crippen LogP contribution < -0.4 is 5.32 Å². The lowest BCUT2D eigenvalue weighted by molar-refractivity contribution is 0.424. The third-order valence-corrected chi connectivity index (χ3v) is 5.11. The van der Waals surface area contributed by atoms with E-state index in [1.165, 1.54) is 6.07 Å². The molecule has 0 radical (unpaired) electrons. The van der Waals surface area contributed by atoms with Gasteiger partial charge in [-0.25, -0.2) is 4.39 Å². The first-order chi connectivity index (χ1) is 10.6. The van der Waals surface area contributed by atoms with Gasteiger partial charge in [-0.3, -0.25) is 0 Å². The number of anilines is 1. The van der Waals surface area contributed by atoms with E-state index < -0.39 is 0 Å². The molecule has 22 heavy (non-hydrogen) atoms. The van der Waals surface area contributed by atoms with Crippen molar-refractivity contribution in [2.24, 2.45) is 5.92 Å². The largest absolute Gasteiger partial charge is 0.376 e. The standard InChI is InChI=1S/C18H14Cl2FN/c19-11-8-15-13-5-2-6-14(13)17(22-18(15)16(20)9-11)10-3-1-4-12(21)7-10/h1-5,7-9,13-14,17,22H,6H2/t13-,14+,17-/m0/s1. The second-order valence-electron chi connectivity index (χ2n) is 5.88. The zero-order valence-corrected chi connectivity index (χ0v) is 13.2. The van der Waals surface area contributed by atoms with Crippen molar-refractivity contribution in [1.82, 2.24) is 0 Å². The average molecular weight is 334 g/mol. The van der Waals surface area contributed by atoms with Crippen LogP contribution in [0, 0.1) is 11.7 Å². The van der Waals surface area contributed by atoms with Gasteiger partial charge in [-0.2, -0.15) is 0 Å². The summed E-state index contributed by atoms with van der Waals surface area (Å²) < 4.78 is 13.6. The summed E-state index contributed by atoms with van der Waals surface area (Å²) in [6, 6.07) is 10.6. The second-order valence-corrected chi connectivity index (χ2v) is 6.73. The van der Waals surface area contributed by atoms with Crippen molar-refractivity contribution in [3.8, 4) is 0 Å². The molecule has 2 aliphatic rings. The van der Waals surface area contributed by atoms with Gasteiger partial charge in [0.25, 0.3) is 0 Å². The number of hydrogen-bond donors (Lipinski definition) is 1. The Morgan fingerprint density at radius 2 is 2.00 bits per heavy atom. The lowest BCUT2D eigenvalue weighted by Gasteiger charge is -2.38. The van der Waals surface area contributed by atoms with E-state index in [-0.39, 0.29) is 17.8 Å². The van der Waals surface area contributed by atoms with Gasteiger partial charge in [0, 0.05) is 10.9 Å². The molecule has 1 heterocycles. The maximum absolute atomic E-state index is 13.6. The normalized spacial score (nSPS) is 25.5. The van der Waals surface area contributed by atoms with Gasteiger partial charge in [0.2, 0.25) is 0 Å². The number of hydrogen-bond acceptors (Lipinski definition) is 1. The number of nitrogens with one attached hydrogen (secondary N) is 1. The summed E-state index contributed by atoms with van der Waals surface area (Å²) >= 11 is 12.5. The summed E-state index contributed by atoms with van der Waals surface area (Å²) in [6.45, 7) is 0. The number of allylic oxidation sites excluding steroid dienone is 2. The Bertz CT molecular complexity index is 772. The molecule has 0 saturated heterocycles. The maximum Gasteiger partial charge on any atom is 0.123 e. The minimum Gasteiger partial charge on any atom is -0.376 e. The molecule has 112 valence electrons. The summed E-state index contributed by atoms with van der Waals surface area (Å²) in [5, 5.41) is 4.77. The average Bonchev–Trinajstić information content (AvgIpc) is 2.96. The Hall–Kier alpha value is -1.51. The van der Waals surface area contributed by atoms with Crippen LogP contribution in [-0.2, 0) is 0 Å². The molecule has 0 fully saturated rings. The molecule has 1 nitrogen and oxygen atoms in total. The van der Waals surface area contributed by atoms with Gasteiger partial charge in [-0.15, -0.1) is 0 Å². The highest BCUT2D eigenvalue weighted by atomic mass is 35.5. The molecular weight excluding hydrogens is 320 g/mol. The highest BCUT2D eigenvalue weighted by molar-refractivity contribution is 6.36. The zero-order chi connectivity index (χ0) is 15.3. The van der Waals surface area contributed by atoms with Crippen molar-refractivity contribution in [1.29, 1.82) is 0 Å². The van der Waals surface area contributed by atoms with Crippen molar-refractivity contribution in [3.63, 3.8) is 0 Å². The van der Waals surface area contributed by atoms with Gasteiger partial charge in [0.05, 0.1) is 16.8 Å². The Morgan fingerprint density at radius 3 is 2.82 bits per heavy atom. The lowest BCUT2D eigenvalue weighted by Crippen LogP contribution is -2.29. The number of halogens is 3. The summed E-state index contributed by atoms with van der Waals surface area (Å²) in [6.07, 6.45) is 5.36. The maximum atomic E-state index is 13.6. The zero-order valence-electron chi connectivity index (χ0n) is 11.7. The first-order valence-electron chi connectivity index (χ1n) is 7.31. The van der Waals surface area contributed by atoms with E-state index >= 15 is 0 Å². The molecule has 0 spiro atoms. The molecule has 2 aromatic rings. The summed E-state index contributed by atoms with van der Waals surface area (Å²) in [5.74, 6) is 0.402. The number of rotatable bonds is 1. The summed E-state index contributed by atoms with van der Waals surface area (Å²) in [4.78, 5) is 0. The van der Waals surface area contributed by atoms with Gasteiger partial charge in [-0.05, 0) is 47.7 Å². The quantitative estimate of drug-likeness (QED) is 0.635. The Labute approximate surface area is 138 Å². The topological polar surface area (TPSA) is 12.0 Å². The highest BCUT2D eigenvalue weighted by Gasteiger charge is 2.38. The van der Waals surface area contributed by atoms with E-state index in [0.29, 0.717) is 16.0 Å². The van der Waals surface area contributed by atoms with E-state index in [4.69, 9.17) is 23.2 Å². The molecule has 4 rings (SSSR count). The fourth-order valence-electron chi connectivity index (χ4n) is 3.65. The fourth-order valence-corrected chi connectivity index (χ4v) is 4.21. The van der Waals surface area contributed by atoms with Crippen LogP contribution in [0.25, 0.3) is 0 Å². The van der Waals surface area contributed by atoms with E-state index in [2.05, 4.69) is 17.5 Å². The lowest BCUT2D eigenvalue weighted by atomic mass is 9.77. The summed E-state index contributed by atoms with van der Waals surface area (Å²) in [5.41, 5.74) is 2.99. The molecule has 1 N–H and O–H groups in total. The molecule has 0 saturated carbocycles. The van der Waals surface area contributed by atoms with Crippen LogP contribution in [0.3, 0.4) is 0 Å². The van der Waals surface area contributed by atoms with Crippen LogP contribution in [0.4, 0.5) is 10.1 Å².